The summed E-state index contributed by atoms with van der Waals surface area (Å²) in [7, 11) is -15.7. The summed E-state index contributed by atoms with van der Waals surface area (Å²) in [6, 6.07) is 0. The topological polar surface area (TPSA) is 274 Å². The number of hydrogen-bond acceptors (Lipinski definition) is 12. The lowest BCUT2D eigenvalue weighted by atomic mass is 10.1. The summed E-state index contributed by atoms with van der Waals surface area (Å²) in [6.07, 6.45) is -6.02. The maximum atomic E-state index is 11.9. The molecule has 0 saturated carbocycles. The molecule has 2 heterocycles. The third-order valence-electron chi connectivity index (χ3n) is 3.58. The van der Waals surface area contributed by atoms with E-state index in [0.717, 1.165) is 13.3 Å². The number of phosphoric ester groups is 1. The minimum atomic E-state index is -5.75. The highest BCUT2D eigenvalue weighted by molar-refractivity contribution is 7.66. The molecular formula is C10H17N2O16P3. The zero-order chi connectivity index (χ0) is 23.8. The van der Waals surface area contributed by atoms with Crippen molar-refractivity contribution in [3.63, 3.8) is 0 Å². The Balaban J connectivity index is 2.12. The van der Waals surface area contributed by atoms with Gasteiger partial charge < -0.3 is 39.3 Å². The molecule has 21 heteroatoms. The third kappa shape index (κ3) is 6.87. The molecule has 1 fully saturated rings. The Kier molecular flexibility index (Phi) is 7.83. The molecule has 1 saturated heterocycles. The highest BCUT2D eigenvalue weighted by Gasteiger charge is 2.46. The Bertz CT molecular complexity index is 1060. The maximum Gasteiger partial charge on any atom is 0.490 e. The van der Waals surface area contributed by atoms with E-state index in [4.69, 9.17) is 24.2 Å². The van der Waals surface area contributed by atoms with Crippen LogP contribution in [-0.4, -0.2) is 71.4 Å². The third-order valence-corrected chi connectivity index (χ3v) is 7.39. The molecule has 4 unspecified atom stereocenters. The van der Waals surface area contributed by atoms with E-state index in [9.17, 15) is 38.4 Å². The summed E-state index contributed by atoms with van der Waals surface area (Å²) in [5.74, 6) is -0.346. The summed E-state index contributed by atoms with van der Waals surface area (Å²) in [6.45, 7) is -1.08. The molecule has 7 N–H and O–H groups in total. The number of phosphoric acid groups is 3. The lowest BCUT2D eigenvalue weighted by molar-refractivity contribution is -0.0544. The molecule has 0 radical (unpaired) electrons. The Labute approximate surface area is 171 Å². The van der Waals surface area contributed by atoms with E-state index in [1.165, 1.54) is 0 Å². The van der Waals surface area contributed by atoms with Gasteiger partial charge in [0.1, 0.15) is 18.3 Å². The number of rotatable bonds is 9. The minimum absolute atomic E-state index is 0.346. The highest BCUT2D eigenvalue weighted by atomic mass is 31.3. The van der Waals surface area contributed by atoms with Crippen LogP contribution >= 0.6 is 23.5 Å². The molecule has 18 nitrogen and oxygen atoms in total. The number of ether oxygens (including phenoxy) is 2. The van der Waals surface area contributed by atoms with Crippen molar-refractivity contribution in [2.24, 2.45) is 0 Å². The number of aliphatic hydroxyl groups is 2. The molecule has 1 aromatic rings. The van der Waals surface area contributed by atoms with Crippen molar-refractivity contribution in [1.29, 1.82) is 0 Å². The Morgan fingerprint density at radius 2 is 1.68 bits per heavy atom. The summed E-state index contributed by atoms with van der Waals surface area (Å²) in [4.78, 5) is 60.7. The van der Waals surface area contributed by atoms with Crippen molar-refractivity contribution in [2.75, 3.05) is 13.7 Å². The van der Waals surface area contributed by atoms with Gasteiger partial charge in [-0.15, -0.1) is 0 Å². The van der Waals surface area contributed by atoms with Crippen LogP contribution in [0.4, 0.5) is 0 Å². The molecule has 0 bridgehead atoms. The normalized spacial score (nSPS) is 28.1. The van der Waals surface area contributed by atoms with E-state index in [2.05, 4.69) is 13.1 Å². The first kappa shape index (κ1) is 26.0. The van der Waals surface area contributed by atoms with Gasteiger partial charge in [-0.2, -0.15) is 8.62 Å². The fraction of sp³-hybridized carbons (Fsp3) is 0.600. The summed E-state index contributed by atoms with van der Waals surface area (Å²) in [5, 5.41) is 20.1. The zero-order valence-corrected chi connectivity index (χ0v) is 17.8. The van der Waals surface area contributed by atoms with E-state index in [1.54, 1.807) is 0 Å². The molecule has 1 aromatic heterocycles. The van der Waals surface area contributed by atoms with Gasteiger partial charge in [0.05, 0.1) is 19.9 Å². The van der Waals surface area contributed by atoms with Gasteiger partial charge in [-0.1, -0.05) is 0 Å². The summed E-state index contributed by atoms with van der Waals surface area (Å²) in [5.41, 5.74) is -1.95. The highest BCUT2D eigenvalue weighted by Crippen LogP contribution is 2.66. The number of H-pyrrole nitrogens is 1. The lowest BCUT2D eigenvalue weighted by Crippen LogP contribution is -2.38. The van der Waals surface area contributed by atoms with E-state index < -0.39 is 65.9 Å². The molecule has 1 aliphatic rings. The molecule has 31 heavy (non-hydrogen) atoms. The standard InChI is InChI=1S/C10H17N2O16P3/c1-24-4-2-12(10(16)11-8(4)15)9-7(14)6(13)5(26-9)3-25-30(20,21)28-31(22,23)27-29(17,18)19/h2,5-7,9,13-14H,3H2,1H3,(H,20,21)(H,22,23)(H,11,15,16)(H2,17,18,19)/t5-,6?,7?,9-/m1/s1. The van der Waals surface area contributed by atoms with Crippen LogP contribution in [0.3, 0.4) is 0 Å². The van der Waals surface area contributed by atoms with Crippen LogP contribution in [0.15, 0.2) is 15.8 Å². The van der Waals surface area contributed by atoms with Crippen LogP contribution in [0.5, 0.6) is 5.75 Å². The van der Waals surface area contributed by atoms with E-state index in [-0.39, 0.29) is 5.75 Å². The number of hydrogen-bond donors (Lipinski definition) is 7. The zero-order valence-electron chi connectivity index (χ0n) is 15.1. The molecule has 2 rings (SSSR count). The number of nitrogens with one attached hydrogen (secondary N) is 1. The quantitative estimate of drug-likeness (QED) is 0.168. The van der Waals surface area contributed by atoms with Crippen molar-refractivity contribution in [3.05, 3.63) is 27.0 Å². The van der Waals surface area contributed by atoms with Gasteiger partial charge in [0.25, 0.3) is 5.56 Å². The molecular weight excluding hydrogens is 497 g/mol. The Morgan fingerprint density at radius 1 is 1.06 bits per heavy atom. The lowest BCUT2D eigenvalue weighted by Gasteiger charge is -2.19. The molecule has 0 amide bonds. The second-order valence-electron chi connectivity index (χ2n) is 5.80. The van der Waals surface area contributed by atoms with Crippen LogP contribution in [0.1, 0.15) is 6.23 Å². The average molecular weight is 514 g/mol. The van der Waals surface area contributed by atoms with Crippen molar-refractivity contribution < 1.29 is 66.1 Å². The van der Waals surface area contributed by atoms with E-state index in [0.29, 0.717) is 4.57 Å². The van der Waals surface area contributed by atoms with E-state index in [1.807, 2.05) is 4.98 Å². The minimum Gasteiger partial charge on any atom is -0.490 e. The van der Waals surface area contributed by atoms with Gasteiger partial charge in [-0.3, -0.25) is 18.9 Å². The maximum absolute atomic E-state index is 11.9. The summed E-state index contributed by atoms with van der Waals surface area (Å²) < 4.78 is 55.5. The van der Waals surface area contributed by atoms with Gasteiger partial charge in [0, 0.05) is 0 Å². The van der Waals surface area contributed by atoms with Gasteiger partial charge in [0.2, 0.25) is 5.75 Å². The SMILES string of the molecule is COc1cn([C@@H]2O[C@H](COP(=O)(O)OP(=O)(O)OP(=O)(O)O)C(O)C2O)c(=O)[nH]c1=O. The molecule has 1 aliphatic heterocycles. The summed E-state index contributed by atoms with van der Waals surface area (Å²) >= 11 is 0. The number of aromatic amines is 1. The monoisotopic (exact) mass is 514 g/mol. The first-order valence-corrected chi connectivity index (χ1v) is 12.3. The predicted octanol–water partition coefficient (Wildman–Crippen LogP) is -2.49. The Hall–Kier alpha value is -1.23. The smallest absolute Gasteiger partial charge is 0.490 e. The predicted molar refractivity (Wildman–Crippen MR) is 93.6 cm³/mol. The Morgan fingerprint density at radius 3 is 2.23 bits per heavy atom. The van der Waals surface area contributed by atoms with Crippen LogP contribution < -0.4 is 16.0 Å². The second kappa shape index (κ2) is 9.33. The number of aliphatic hydroxyl groups excluding tert-OH is 2. The largest absolute Gasteiger partial charge is 0.490 e. The molecule has 6 atom stereocenters. The van der Waals surface area contributed by atoms with Crippen molar-refractivity contribution in [1.82, 2.24) is 9.55 Å². The molecule has 178 valence electrons. The molecule has 0 aromatic carbocycles. The first-order valence-electron chi connectivity index (χ1n) is 7.74. The molecule has 0 aliphatic carbocycles. The van der Waals surface area contributed by atoms with Gasteiger partial charge >= 0.3 is 29.2 Å². The van der Waals surface area contributed by atoms with Crippen molar-refractivity contribution >= 4 is 23.5 Å². The number of methoxy groups -OCH3 is 1. The number of nitrogens with zero attached hydrogens (tertiary/aromatic N) is 1. The average Bonchev–Trinajstić information content (AvgIpc) is 2.85. The van der Waals surface area contributed by atoms with Gasteiger partial charge in [-0.25, -0.2) is 18.5 Å². The van der Waals surface area contributed by atoms with Crippen molar-refractivity contribution in [3.8, 4) is 5.75 Å². The first-order chi connectivity index (χ1) is 14.1. The van der Waals surface area contributed by atoms with Crippen LogP contribution in [0.2, 0.25) is 0 Å². The second-order valence-corrected chi connectivity index (χ2v) is 10.2. The van der Waals surface area contributed by atoms with E-state index >= 15 is 0 Å². The van der Waals surface area contributed by atoms with Crippen LogP contribution in [-0.2, 0) is 31.6 Å². The van der Waals surface area contributed by atoms with Crippen LogP contribution in [0, 0.1) is 0 Å². The van der Waals surface area contributed by atoms with Crippen molar-refractivity contribution in [2.45, 2.75) is 24.5 Å². The van der Waals surface area contributed by atoms with Gasteiger partial charge in [-0.05, 0) is 0 Å². The molecule has 0 spiro atoms. The van der Waals surface area contributed by atoms with Crippen LogP contribution in [0.25, 0.3) is 0 Å². The number of aromatic nitrogens is 2. The fourth-order valence-electron chi connectivity index (χ4n) is 2.37. The fourth-order valence-corrected chi connectivity index (χ4v) is 5.40. The van der Waals surface area contributed by atoms with Gasteiger partial charge in [0.15, 0.2) is 6.23 Å².